The molecule has 1 amide bonds. The number of piperazine rings is 1. The third-order valence-corrected chi connectivity index (χ3v) is 6.90. The van der Waals surface area contributed by atoms with Crippen molar-refractivity contribution in [1.82, 2.24) is 10.4 Å². The number of unbranched alkanes of at least 4 members (excludes halogenated alkanes) is 5. The molecule has 0 aromatic heterocycles. The van der Waals surface area contributed by atoms with Gasteiger partial charge in [0.1, 0.15) is 0 Å². The molecule has 0 bridgehead atoms. The zero-order valence-electron chi connectivity index (χ0n) is 23.8. The first-order valence-electron chi connectivity index (χ1n) is 13.9. The summed E-state index contributed by atoms with van der Waals surface area (Å²) in [5.74, 6) is 1.63. The van der Waals surface area contributed by atoms with E-state index in [1.54, 1.807) is 26.4 Å². The van der Waals surface area contributed by atoms with E-state index in [0.29, 0.717) is 23.9 Å². The molecule has 0 spiro atoms. The molecular weight excluding hydrogens is 478 g/mol. The Morgan fingerprint density at radius 2 is 1.58 bits per heavy atom. The summed E-state index contributed by atoms with van der Waals surface area (Å²) in [6, 6.07) is 10.3. The fraction of sp³-hybridized carbons (Fsp3) is 0.516. The molecule has 0 aliphatic carbocycles. The van der Waals surface area contributed by atoms with Gasteiger partial charge in [0.2, 0.25) is 5.75 Å². The van der Waals surface area contributed by atoms with Crippen molar-refractivity contribution in [1.29, 1.82) is 0 Å². The van der Waals surface area contributed by atoms with Gasteiger partial charge in [-0.2, -0.15) is 0 Å². The predicted molar refractivity (Wildman–Crippen MR) is 155 cm³/mol. The summed E-state index contributed by atoms with van der Waals surface area (Å²) >= 11 is 0. The minimum absolute atomic E-state index is 0.161. The number of benzene rings is 2. The molecule has 38 heavy (non-hydrogen) atoms. The predicted octanol–water partition coefficient (Wildman–Crippen LogP) is 5.93. The van der Waals surface area contributed by atoms with Crippen LogP contribution >= 0.6 is 0 Å². The number of hydrazine groups is 1. The van der Waals surface area contributed by atoms with Gasteiger partial charge in [0, 0.05) is 37.9 Å². The quantitative estimate of drug-likeness (QED) is 0.245. The molecule has 0 unspecified atom stereocenters. The highest BCUT2D eigenvalue weighted by Gasteiger charge is 2.19. The molecule has 0 saturated carbocycles. The van der Waals surface area contributed by atoms with Crippen LogP contribution in [0.5, 0.6) is 17.2 Å². The second-order valence-corrected chi connectivity index (χ2v) is 9.94. The van der Waals surface area contributed by atoms with E-state index in [2.05, 4.69) is 49.3 Å². The summed E-state index contributed by atoms with van der Waals surface area (Å²) in [7, 11) is 3.23. The Morgan fingerprint density at radius 1 is 0.921 bits per heavy atom. The molecule has 1 aliphatic rings. The molecule has 1 saturated heterocycles. The Hall–Kier alpha value is -3.19. The van der Waals surface area contributed by atoms with Gasteiger partial charge in [0.25, 0.3) is 5.91 Å². The molecule has 1 fully saturated rings. The second-order valence-electron chi connectivity index (χ2n) is 9.94. The van der Waals surface area contributed by atoms with E-state index in [1.807, 2.05) is 17.1 Å². The van der Waals surface area contributed by atoms with Gasteiger partial charge in [-0.3, -0.25) is 10.2 Å². The van der Waals surface area contributed by atoms with Crippen LogP contribution in [0.2, 0.25) is 0 Å². The van der Waals surface area contributed by atoms with Crippen molar-refractivity contribution in [2.45, 2.75) is 59.3 Å². The first-order valence-corrected chi connectivity index (χ1v) is 13.9. The molecule has 1 heterocycles. The summed E-state index contributed by atoms with van der Waals surface area (Å²) in [6.45, 7) is 10.4. The van der Waals surface area contributed by atoms with Gasteiger partial charge in [0.15, 0.2) is 11.5 Å². The number of anilines is 1. The number of carbonyl (C=O) groups is 1. The second kappa shape index (κ2) is 15.3. The minimum Gasteiger partial charge on any atom is -0.493 e. The van der Waals surface area contributed by atoms with Gasteiger partial charge >= 0.3 is 0 Å². The molecule has 2 aromatic carbocycles. The molecule has 1 N–H and O–H groups in total. The molecule has 208 valence electrons. The lowest BCUT2D eigenvalue weighted by atomic mass is 10.1. The monoisotopic (exact) mass is 523 g/mol. The third kappa shape index (κ3) is 8.69. The number of hydrogen-bond donors (Lipinski definition) is 1. The van der Waals surface area contributed by atoms with Crippen LogP contribution in [0.1, 0.15) is 62.1 Å². The van der Waals surface area contributed by atoms with Crippen molar-refractivity contribution in [2.24, 2.45) is 0 Å². The number of nitrogens with zero attached hydrogens (tertiary/aromatic N) is 2. The summed E-state index contributed by atoms with van der Waals surface area (Å²) < 4.78 is 17.2. The van der Waals surface area contributed by atoms with E-state index < -0.39 is 0 Å². The number of hydrogen-bond acceptors (Lipinski definition) is 6. The van der Waals surface area contributed by atoms with Crippen LogP contribution in [-0.2, 0) is 4.79 Å². The van der Waals surface area contributed by atoms with Gasteiger partial charge in [0.05, 0.1) is 20.8 Å². The van der Waals surface area contributed by atoms with Crippen LogP contribution in [0.3, 0.4) is 0 Å². The lowest BCUT2D eigenvalue weighted by Gasteiger charge is -2.36. The van der Waals surface area contributed by atoms with Crippen LogP contribution in [-0.4, -0.2) is 57.9 Å². The van der Waals surface area contributed by atoms with Gasteiger partial charge in [-0.25, -0.2) is 5.01 Å². The highest BCUT2D eigenvalue weighted by molar-refractivity contribution is 5.91. The minimum atomic E-state index is -0.161. The lowest BCUT2D eigenvalue weighted by molar-refractivity contribution is -0.121. The smallest absolute Gasteiger partial charge is 0.258 e. The number of rotatable bonds is 14. The van der Waals surface area contributed by atoms with Crippen LogP contribution in [0.4, 0.5) is 5.69 Å². The zero-order chi connectivity index (χ0) is 27.3. The van der Waals surface area contributed by atoms with Crippen LogP contribution in [0.15, 0.2) is 36.4 Å². The van der Waals surface area contributed by atoms with Gasteiger partial charge < -0.3 is 19.1 Å². The number of carbonyl (C=O) groups excluding carboxylic acids is 1. The maximum atomic E-state index is 12.6. The van der Waals surface area contributed by atoms with Crippen molar-refractivity contribution >= 4 is 17.7 Å². The summed E-state index contributed by atoms with van der Waals surface area (Å²) in [5.41, 5.74) is 7.63. The Balaban J connectivity index is 1.51. The normalized spacial score (nSPS) is 14.1. The van der Waals surface area contributed by atoms with E-state index in [-0.39, 0.29) is 5.91 Å². The SMILES string of the molecule is CCCCCCCCOc1c(OC)cc(C=CC(=O)NN2CCN(c3ccc(C)cc3C)CC2)cc1OC. The van der Waals surface area contributed by atoms with Crippen molar-refractivity contribution < 1.29 is 19.0 Å². The van der Waals surface area contributed by atoms with Crippen LogP contribution in [0, 0.1) is 13.8 Å². The molecule has 7 heteroatoms. The molecule has 1 aliphatic heterocycles. The van der Waals surface area contributed by atoms with Crippen molar-refractivity contribution in [3.63, 3.8) is 0 Å². The molecule has 0 radical (unpaired) electrons. The van der Waals surface area contributed by atoms with Crippen LogP contribution < -0.4 is 24.5 Å². The largest absolute Gasteiger partial charge is 0.493 e. The maximum Gasteiger partial charge on any atom is 0.258 e. The topological polar surface area (TPSA) is 63.3 Å². The molecular formula is C31H45N3O4. The maximum absolute atomic E-state index is 12.6. The van der Waals surface area contributed by atoms with E-state index in [9.17, 15) is 4.79 Å². The highest BCUT2D eigenvalue weighted by Crippen LogP contribution is 2.39. The summed E-state index contributed by atoms with van der Waals surface area (Å²) in [4.78, 5) is 15.0. The standard InChI is InChI=1S/C31H45N3O4/c1-6-7-8-9-10-11-20-38-31-28(36-4)22-26(23-29(31)37-5)13-15-30(35)32-34-18-16-33(17-19-34)27-14-12-24(2)21-25(27)3/h12-15,21-23H,6-11,16-20H2,1-5H3,(H,32,35). The number of methoxy groups -OCH3 is 2. The van der Waals surface area contributed by atoms with Crippen molar-refractivity contribution in [3.8, 4) is 17.2 Å². The molecule has 7 nitrogen and oxygen atoms in total. The summed E-state index contributed by atoms with van der Waals surface area (Å²) in [5, 5.41) is 1.98. The van der Waals surface area contributed by atoms with E-state index in [1.165, 1.54) is 42.5 Å². The molecule has 0 atom stereocenters. The first-order chi connectivity index (χ1) is 18.4. The average molecular weight is 524 g/mol. The van der Waals surface area contributed by atoms with E-state index >= 15 is 0 Å². The fourth-order valence-corrected chi connectivity index (χ4v) is 4.78. The van der Waals surface area contributed by atoms with Gasteiger partial charge in [-0.1, -0.05) is 56.7 Å². The van der Waals surface area contributed by atoms with Gasteiger partial charge in [-0.05, 0) is 55.7 Å². The first kappa shape index (κ1) is 29.4. The highest BCUT2D eigenvalue weighted by atomic mass is 16.5. The van der Waals surface area contributed by atoms with E-state index in [4.69, 9.17) is 14.2 Å². The average Bonchev–Trinajstić information content (AvgIpc) is 2.92. The number of aryl methyl sites for hydroxylation is 2. The molecule has 3 rings (SSSR count). The zero-order valence-corrected chi connectivity index (χ0v) is 23.8. The summed E-state index contributed by atoms with van der Waals surface area (Å²) in [6.07, 6.45) is 10.5. The Labute approximate surface area is 228 Å². The van der Waals surface area contributed by atoms with Crippen molar-refractivity contribution in [3.05, 3.63) is 53.1 Å². The number of nitrogens with one attached hydrogen (secondary N) is 1. The fourth-order valence-electron chi connectivity index (χ4n) is 4.78. The Bertz CT molecular complexity index is 1040. The Kier molecular flexibility index (Phi) is 11.8. The van der Waals surface area contributed by atoms with Gasteiger partial charge in [-0.15, -0.1) is 0 Å². The van der Waals surface area contributed by atoms with E-state index in [0.717, 1.165) is 44.6 Å². The number of ether oxygens (including phenoxy) is 3. The van der Waals surface area contributed by atoms with Crippen LogP contribution in [0.25, 0.3) is 6.08 Å². The lowest BCUT2D eigenvalue weighted by Crippen LogP contribution is -2.53. The Morgan fingerprint density at radius 3 is 2.21 bits per heavy atom. The van der Waals surface area contributed by atoms with Crippen molar-refractivity contribution in [2.75, 3.05) is 51.9 Å². The molecule has 2 aromatic rings. The number of amides is 1. The third-order valence-electron chi connectivity index (χ3n) is 6.90.